The molecule has 0 bridgehead atoms. The van der Waals surface area contributed by atoms with E-state index in [-0.39, 0.29) is 12.0 Å². The van der Waals surface area contributed by atoms with Crippen LogP contribution in [-0.2, 0) is 0 Å². The highest BCUT2D eigenvalue weighted by Crippen LogP contribution is 2.22. The fourth-order valence-corrected chi connectivity index (χ4v) is 2.48. The Hall–Kier alpha value is -3.67. The molecule has 0 aliphatic rings. The average Bonchev–Trinajstić information content (AvgIpc) is 3.19. The van der Waals surface area contributed by atoms with Crippen LogP contribution in [0.3, 0.4) is 0 Å². The molecule has 1 aromatic heterocycles. The van der Waals surface area contributed by atoms with Crippen LogP contribution in [0.15, 0.2) is 71.8 Å². The molecule has 2 aromatic carbocycles. The second-order valence-electron chi connectivity index (χ2n) is 6.35. The Labute approximate surface area is 163 Å². The number of hydrazone groups is 1. The van der Waals surface area contributed by atoms with E-state index in [1.807, 2.05) is 74.5 Å². The second kappa shape index (κ2) is 9.32. The molecule has 1 heterocycles. The van der Waals surface area contributed by atoms with Gasteiger partial charge in [-0.15, -0.1) is 0 Å². The van der Waals surface area contributed by atoms with Gasteiger partial charge in [0.2, 0.25) is 0 Å². The number of aromatic nitrogens is 2. The van der Waals surface area contributed by atoms with Gasteiger partial charge in [-0.1, -0.05) is 36.4 Å². The summed E-state index contributed by atoms with van der Waals surface area (Å²) in [5.74, 6) is 0.438. The minimum Gasteiger partial charge on any atom is -0.491 e. The lowest BCUT2D eigenvalue weighted by Crippen LogP contribution is -2.17. The van der Waals surface area contributed by atoms with Crippen molar-refractivity contribution in [3.63, 3.8) is 0 Å². The molecule has 0 aliphatic heterocycles. The van der Waals surface area contributed by atoms with Crippen LogP contribution < -0.4 is 10.2 Å². The van der Waals surface area contributed by atoms with Crippen molar-refractivity contribution in [3.8, 4) is 17.0 Å². The van der Waals surface area contributed by atoms with Crippen LogP contribution in [0, 0.1) is 0 Å². The number of carbonyl (C=O) groups is 1. The number of benzene rings is 2. The van der Waals surface area contributed by atoms with E-state index in [0.29, 0.717) is 11.4 Å². The van der Waals surface area contributed by atoms with Gasteiger partial charge in [-0.2, -0.15) is 10.2 Å². The van der Waals surface area contributed by atoms with Gasteiger partial charge in [0.15, 0.2) is 0 Å². The summed E-state index contributed by atoms with van der Waals surface area (Å²) in [6.07, 6.45) is 5.30. The third-order valence-corrected chi connectivity index (χ3v) is 3.76. The van der Waals surface area contributed by atoms with Crippen molar-refractivity contribution in [2.24, 2.45) is 5.10 Å². The molecule has 28 heavy (non-hydrogen) atoms. The molecule has 0 fully saturated rings. The molecule has 0 saturated heterocycles. The predicted octanol–water partition coefficient (Wildman–Crippen LogP) is 4.29. The number of nitrogens with one attached hydrogen (secondary N) is 2. The summed E-state index contributed by atoms with van der Waals surface area (Å²) >= 11 is 0. The highest BCUT2D eigenvalue weighted by molar-refractivity contribution is 5.94. The van der Waals surface area contributed by atoms with Crippen LogP contribution in [0.4, 0.5) is 0 Å². The Morgan fingerprint density at radius 3 is 2.61 bits per heavy atom. The first kappa shape index (κ1) is 19.1. The molecule has 0 spiro atoms. The lowest BCUT2D eigenvalue weighted by Gasteiger charge is -2.09. The van der Waals surface area contributed by atoms with E-state index in [0.717, 1.165) is 16.9 Å². The van der Waals surface area contributed by atoms with E-state index < -0.39 is 0 Å². The van der Waals surface area contributed by atoms with Crippen molar-refractivity contribution < 1.29 is 9.53 Å². The van der Waals surface area contributed by atoms with E-state index in [9.17, 15) is 4.79 Å². The molecule has 0 aliphatic carbocycles. The first-order chi connectivity index (χ1) is 13.6. The minimum atomic E-state index is -0.358. The van der Waals surface area contributed by atoms with Crippen molar-refractivity contribution in [2.45, 2.75) is 20.0 Å². The summed E-state index contributed by atoms with van der Waals surface area (Å²) in [6, 6.07) is 19.1. The molecule has 2 N–H and O–H groups in total. The van der Waals surface area contributed by atoms with Crippen LogP contribution >= 0.6 is 0 Å². The number of aromatic amines is 1. The normalized spacial score (nSPS) is 11.4. The van der Waals surface area contributed by atoms with Gasteiger partial charge in [-0.05, 0) is 55.8 Å². The minimum absolute atomic E-state index is 0.120. The number of H-pyrrole nitrogens is 1. The molecule has 3 rings (SSSR count). The molecular weight excluding hydrogens is 352 g/mol. The Balaban J connectivity index is 1.56. The summed E-state index contributed by atoms with van der Waals surface area (Å²) in [5, 5.41) is 10.8. The van der Waals surface area contributed by atoms with Gasteiger partial charge in [0, 0.05) is 11.8 Å². The Bertz CT molecular complexity index is 958. The van der Waals surface area contributed by atoms with Crippen molar-refractivity contribution in [2.75, 3.05) is 0 Å². The zero-order valence-corrected chi connectivity index (χ0v) is 15.8. The van der Waals surface area contributed by atoms with Crippen LogP contribution in [0.25, 0.3) is 17.3 Å². The summed E-state index contributed by atoms with van der Waals surface area (Å²) in [7, 11) is 0. The van der Waals surface area contributed by atoms with E-state index >= 15 is 0 Å². The zero-order chi connectivity index (χ0) is 19.8. The summed E-state index contributed by atoms with van der Waals surface area (Å²) < 4.78 is 5.63. The Morgan fingerprint density at radius 2 is 1.89 bits per heavy atom. The summed E-state index contributed by atoms with van der Waals surface area (Å²) in [6.45, 7) is 3.96. The molecule has 0 saturated carbocycles. The maximum atomic E-state index is 12.2. The Kier molecular flexibility index (Phi) is 6.36. The van der Waals surface area contributed by atoms with Crippen LogP contribution in [-0.4, -0.2) is 28.4 Å². The molecule has 1 amide bonds. The predicted molar refractivity (Wildman–Crippen MR) is 111 cm³/mol. The van der Waals surface area contributed by atoms with E-state index in [2.05, 4.69) is 20.7 Å². The van der Waals surface area contributed by atoms with E-state index in [4.69, 9.17) is 4.74 Å². The van der Waals surface area contributed by atoms with Gasteiger partial charge in [0.1, 0.15) is 11.4 Å². The third-order valence-electron chi connectivity index (χ3n) is 3.76. The molecule has 0 radical (unpaired) electrons. The van der Waals surface area contributed by atoms with Gasteiger partial charge in [0.25, 0.3) is 5.91 Å². The third kappa shape index (κ3) is 5.41. The Morgan fingerprint density at radius 1 is 1.14 bits per heavy atom. The SMILES string of the molecule is CC(C)Oc1ccc(-c2cc(C(=O)N/N=C/C=C/c3ccccc3)[nH]n2)cc1. The van der Waals surface area contributed by atoms with Crippen LogP contribution in [0.5, 0.6) is 5.75 Å². The smallest absolute Gasteiger partial charge is 0.289 e. The molecule has 0 atom stereocenters. The first-order valence-electron chi connectivity index (χ1n) is 8.99. The highest BCUT2D eigenvalue weighted by atomic mass is 16.5. The number of hydrogen-bond donors (Lipinski definition) is 2. The molecule has 3 aromatic rings. The fraction of sp³-hybridized carbons (Fsp3) is 0.136. The fourth-order valence-electron chi connectivity index (χ4n) is 2.48. The summed E-state index contributed by atoms with van der Waals surface area (Å²) in [4.78, 5) is 12.2. The zero-order valence-electron chi connectivity index (χ0n) is 15.8. The number of amides is 1. The van der Waals surface area contributed by atoms with Crippen molar-refractivity contribution in [1.82, 2.24) is 15.6 Å². The van der Waals surface area contributed by atoms with Crippen LogP contribution in [0.2, 0.25) is 0 Å². The number of rotatable bonds is 7. The number of carbonyl (C=O) groups excluding carboxylic acids is 1. The molecule has 6 nitrogen and oxygen atoms in total. The summed E-state index contributed by atoms with van der Waals surface area (Å²) in [5.41, 5.74) is 5.43. The molecular formula is C22H22N4O2. The van der Waals surface area contributed by atoms with Gasteiger partial charge < -0.3 is 4.74 Å². The van der Waals surface area contributed by atoms with Gasteiger partial charge in [-0.3, -0.25) is 9.89 Å². The quantitative estimate of drug-likeness (QED) is 0.478. The maximum Gasteiger partial charge on any atom is 0.289 e. The second-order valence-corrected chi connectivity index (χ2v) is 6.35. The first-order valence-corrected chi connectivity index (χ1v) is 8.99. The molecule has 142 valence electrons. The molecule has 6 heteroatoms. The van der Waals surface area contributed by atoms with Crippen molar-refractivity contribution in [3.05, 3.63) is 78.0 Å². The van der Waals surface area contributed by atoms with E-state index in [1.54, 1.807) is 12.1 Å². The largest absolute Gasteiger partial charge is 0.491 e. The number of ether oxygens (including phenoxy) is 1. The molecule has 0 unspecified atom stereocenters. The monoisotopic (exact) mass is 374 g/mol. The lowest BCUT2D eigenvalue weighted by molar-refractivity contribution is 0.0950. The van der Waals surface area contributed by atoms with Gasteiger partial charge in [0.05, 0.1) is 11.8 Å². The average molecular weight is 374 g/mol. The standard InChI is InChI=1S/C22H22N4O2/c1-16(2)28-19-12-10-18(11-13-19)20-15-21(25-24-20)22(27)26-23-14-6-9-17-7-4-3-5-8-17/h3-16H,1-2H3,(H,24,25)(H,26,27)/b9-6+,23-14+. The number of hydrogen-bond acceptors (Lipinski definition) is 4. The van der Waals surface area contributed by atoms with Crippen molar-refractivity contribution in [1.29, 1.82) is 0 Å². The topological polar surface area (TPSA) is 79.4 Å². The number of allylic oxidation sites excluding steroid dienone is 1. The maximum absolute atomic E-state index is 12.2. The van der Waals surface area contributed by atoms with Crippen molar-refractivity contribution >= 4 is 18.2 Å². The van der Waals surface area contributed by atoms with Crippen LogP contribution in [0.1, 0.15) is 29.9 Å². The van der Waals surface area contributed by atoms with Gasteiger partial charge >= 0.3 is 0 Å². The number of nitrogens with zero attached hydrogens (tertiary/aromatic N) is 2. The lowest BCUT2D eigenvalue weighted by atomic mass is 10.1. The highest BCUT2D eigenvalue weighted by Gasteiger charge is 2.10. The van der Waals surface area contributed by atoms with Gasteiger partial charge in [-0.25, -0.2) is 5.43 Å². The van der Waals surface area contributed by atoms with E-state index in [1.165, 1.54) is 6.21 Å².